The molecule has 1 aromatic heterocycles. The van der Waals surface area contributed by atoms with Crippen molar-refractivity contribution in [1.29, 1.82) is 0 Å². The molecule has 0 saturated heterocycles. The van der Waals surface area contributed by atoms with E-state index >= 15 is 0 Å². The van der Waals surface area contributed by atoms with Crippen LogP contribution >= 0.6 is 11.3 Å². The van der Waals surface area contributed by atoms with Gasteiger partial charge in [0.25, 0.3) is 0 Å². The zero-order chi connectivity index (χ0) is 24.3. The predicted molar refractivity (Wildman–Crippen MR) is 118 cm³/mol. The number of benzene rings is 2. The number of carbonyl (C=O) groups is 2. The third kappa shape index (κ3) is 5.64. The van der Waals surface area contributed by atoms with E-state index < -0.39 is 30.3 Å². The lowest BCUT2D eigenvalue weighted by atomic mass is 10.1. The van der Waals surface area contributed by atoms with Gasteiger partial charge in [0.2, 0.25) is 0 Å². The van der Waals surface area contributed by atoms with Gasteiger partial charge in [0.05, 0.1) is 5.56 Å². The van der Waals surface area contributed by atoms with Crippen molar-refractivity contribution in [2.24, 2.45) is 0 Å². The molecule has 3 aromatic rings. The van der Waals surface area contributed by atoms with Gasteiger partial charge in [-0.2, -0.15) is 13.2 Å². The van der Waals surface area contributed by atoms with Crippen molar-refractivity contribution < 1.29 is 37.7 Å². The van der Waals surface area contributed by atoms with Crippen molar-refractivity contribution in [1.82, 2.24) is 0 Å². The third-order valence-electron chi connectivity index (χ3n) is 4.85. The molecule has 1 heterocycles. The summed E-state index contributed by atoms with van der Waals surface area (Å²) < 4.78 is 44.7. The Bertz CT molecular complexity index is 1200. The zero-order valence-corrected chi connectivity index (χ0v) is 18.4. The molecule has 0 bridgehead atoms. The third-order valence-corrected chi connectivity index (χ3v) is 6.16. The van der Waals surface area contributed by atoms with Crippen molar-refractivity contribution in [3.63, 3.8) is 0 Å². The number of rotatable bonds is 8. The lowest BCUT2D eigenvalue weighted by Gasteiger charge is -2.13. The van der Waals surface area contributed by atoms with Crippen LogP contribution in [0.15, 0.2) is 42.5 Å². The number of carboxylic acids is 2. The first kappa shape index (κ1) is 24.1. The maximum absolute atomic E-state index is 13.1. The van der Waals surface area contributed by atoms with E-state index in [1.54, 1.807) is 37.3 Å². The fraction of sp³-hybridized carbons (Fsp3) is 0.217. The van der Waals surface area contributed by atoms with Gasteiger partial charge in [0.1, 0.15) is 5.75 Å². The quantitative estimate of drug-likeness (QED) is 0.377. The lowest BCUT2D eigenvalue weighted by Crippen LogP contribution is -2.11. The average molecular weight is 479 g/mol. The van der Waals surface area contributed by atoms with E-state index in [1.807, 2.05) is 0 Å². The summed E-state index contributed by atoms with van der Waals surface area (Å²) in [7, 11) is 0. The summed E-state index contributed by atoms with van der Waals surface area (Å²) in [5.74, 6) is -2.45. The molecule has 0 aliphatic carbocycles. The van der Waals surface area contributed by atoms with Crippen LogP contribution in [0.3, 0.4) is 0 Å². The van der Waals surface area contributed by atoms with E-state index in [9.17, 15) is 27.9 Å². The molecular weight excluding hydrogens is 459 g/mol. The fourth-order valence-electron chi connectivity index (χ4n) is 3.29. The molecule has 10 heteroatoms. The van der Waals surface area contributed by atoms with Crippen molar-refractivity contribution in [3.05, 3.63) is 69.6 Å². The Morgan fingerprint density at radius 1 is 1.09 bits per heavy atom. The van der Waals surface area contributed by atoms with Crippen LogP contribution in [-0.2, 0) is 17.5 Å². The summed E-state index contributed by atoms with van der Waals surface area (Å²) in [5, 5.41) is 21.3. The van der Waals surface area contributed by atoms with Crippen LogP contribution in [0.4, 0.5) is 18.9 Å². The number of thiophene rings is 1. The van der Waals surface area contributed by atoms with E-state index in [1.165, 1.54) is 13.0 Å². The smallest absolute Gasteiger partial charge is 0.416 e. The molecule has 0 atom stereocenters. The maximum Gasteiger partial charge on any atom is 0.416 e. The molecule has 0 aliphatic heterocycles. The molecule has 3 rings (SSSR count). The van der Waals surface area contributed by atoms with Crippen LogP contribution in [0, 0.1) is 13.8 Å². The van der Waals surface area contributed by atoms with Gasteiger partial charge in [-0.1, -0.05) is 24.3 Å². The maximum atomic E-state index is 13.1. The van der Waals surface area contributed by atoms with Gasteiger partial charge in [-0.3, -0.25) is 0 Å². The van der Waals surface area contributed by atoms with Crippen molar-refractivity contribution >= 4 is 29.0 Å². The molecule has 33 heavy (non-hydrogen) atoms. The Balaban J connectivity index is 1.85. The molecule has 0 fully saturated rings. The van der Waals surface area contributed by atoms with Crippen LogP contribution in [0.2, 0.25) is 0 Å². The summed E-state index contributed by atoms with van der Waals surface area (Å²) >= 11 is 0.966. The number of aryl methyl sites for hydroxylation is 1. The fourth-order valence-corrected chi connectivity index (χ4v) is 4.37. The molecule has 6 nitrogen and oxygen atoms in total. The van der Waals surface area contributed by atoms with Crippen molar-refractivity contribution in [2.45, 2.75) is 26.6 Å². The van der Waals surface area contributed by atoms with Crippen LogP contribution in [0.25, 0.3) is 10.4 Å². The Morgan fingerprint density at radius 3 is 2.45 bits per heavy atom. The molecule has 3 N–H and O–H groups in total. The topological polar surface area (TPSA) is 95.9 Å². The molecule has 0 amide bonds. The normalized spacial score (nSPS) is 11.3. The molecule has 174 valence electrons. The highest BCUT2D eigenvalue weighted by Gasteiger charge is 2.32. The highest BCUT2D eigenvalue weighted by atomic mass is 32.1. The van der Waals surface area contributed by atoms with Crippen LogP contribution in [0.5, 0.6) is 5.75 Å². The predicted octanol–water partition coefficient (Wildman–Crippen LogP) is 5.82. The van der Waals surface area contributed by atoms with E-state index in [4.69, 9.17) is 9.84 Å². The largest absolute Gasteiger partial charge is 0.480 e. The summed E-state index contributed by atoms with van der Waals surface area (Å²) in [6, 6.07) is 11.1. The Morgan fingerprint density at radius 2 is 1.82 bits per heavy atom. The molecule has 0 saturated carbocycles. The lowest BCUT2D eigenvalue weighted by molar-refractivity contribution is -0.139. The van der Waals surface area contributed by atoms with Crippen molar-refractivity contribution in [2.75, 3.05) is 11.9 Å². The van der Waals surface area contributed by atoms with E-state index in [0.717, 1.165) is 23.0 Å². The van der Waals surface area contributed by atoms with Gasteiger partial charge < -0.3 is 20.3 Å². The summed E-state index contributed by atoms with van der Waals surface area (Å²) in [6.07, 6.45) is -4.44. The second kappa shape index (κ2) is 9.53. The Labute approximate surface area is 191 Å². The number of ether oxygens (including phenoxy) is 1. The summed E-state index contributed by atoms with van der Waals surface area (Å²) in [5.41, 5.74) is 1.70. The number of carboxylic acid groups (broad SMARTS) is 2. The van der Waals surface area contributed by atoms with Gasteiger partial charge in [0, 0.05) is 22.7 Å². The zero-order valence-electron chi connectivity index (χ0n) is 17.6. The van der Waals surface area contributed by atoms with E-state index in [0.29, 0.717) is 21.7 Å². The summed E-state index contributed by atoms with van der Waals surface area (Å²) in [6.45, 7) is 2.62. The summed E-state index contributed by atoms with van der Waals surface area (Å²) in [4.78, 5) is 22.9. The van der Waals surface area contributed by atoms with Gasteiger partial charge in [-0.25, -0.2) is 9.59 Å². The molecular formula is C23H20F3NO5S. The number of aliphatic carboxylic acids is 1. The monoisotopic (exact) mass is 479 g/mol. The molecule has 0 aliphatic rings. The number of halogens is 3. The van der Waals surface area contributed by atoms with E-state index in [-0.39, 0.29) is 22.7 Å². The highest BCUT2D eigenvalue weighted by molar-refractivity contribution is 7.18. The number of alkyl halides is 3. The van der Waals surface area contributed by atoms with Gasteiger partial charge in [-0.15, -0.1) is 11.3 Å². The van der Waals surface area contributed by atoms with Gasteiger partial charge >= 0.3 is 18.1 Å². The number of aromatic carboxylic acids is 1. The molecule has 0 spiro atoms. The van der Waals surface area contributed by atoms with Crippen LogP contribution < -0.4 is 10.1 Å². The van der Waals surface area contributed by atoms with Crippen molar-refractivity contribution in [3.8, 4) is 16.2 Å². The van der Waals surface area contributed by atoms with Gasteiger partial charge in [-0.05, 0) is 48.7 Å². The first-order valence-electron chi connectivity index (χ1n) is 9.69. The standard InChI is InChI=1S/C23H20F3NO5S/c1-12-6-7-16(9-17(12)23(24,25)26)27-10-14-4-3-5-15(8-14)20-13(2)19(32-11-18(28)29)21(33-20)22(30)31/h3-9,27H,10-11H2,1-2H3,(H,28,29)(H,30,31). The number of nitrogens with one attached hydrogen (secondary N) is 1. The van der Waals surface area contributed by atoms with Gasteiger partial charge in [0.15, 0.2) is 11.5 Å². The minimum Gasteiger partial charge on any atom is -0.480 e. The Hall–Kier alpha value is -3.53. The first-order chi connectivity index (χ1) is 15.5. The highest BCUT2D eigenvalue weighted by Crippen LogP contribution is 2.41. The SMILES string of the molecule is Cc1ccc(NCc2cccc(-c3sc(C(=O)O)c(OCC(=O)O)c3C)c2)cc1C(F)(F)F. The number of hydrogen-bond donors (Lipinski definition) is 3. The van der Waals surface area contributed by atoms with Crippen LogP contribution in [0.1, 0.15) is 31.9 Å². The minimum atomic E-state index is -4.44. The molecule has 2 aromatic carbocycles. The van der Waals surface area contributed by atoms with Crippen LogP contribution in [-0.4, -0.2) is 28.8 Å². The number of anilines is 1. The Kier molecular flexibility index (Phi) is 6.97. The molecule has 0 radical (unpaired) electrons. The second-order valence-electron chi connectivity index (χ2n) is 7.28. The average Bonchev–Trinajstić information content (AvgIpc) is 3.07. The second-order valence-corrected chi connectivity index (χ2v) is 8.30. The first-order valence-corrected chi connectivity index (χ1v) is 10.5. The minimum absolute atomic E-state index is 0.00719. The van der Waals surface area contributed by atoms with E-state index in [2.05, 4.69) is 5.32 Å². The number of hydrogen-bond acceptors (Lipinski definition) is 5. The molecule has 0 unspecified atom stereocenters.